The summed E-state index contributed by atoms with van der Waals surface area (Å²) in [4.78, 5) is 34.6. The van der Waals surface area contributed by atoms with Gasteiger partial charge in [0.2, 0.25) is 5.91 Å². The first-order chi connectivity index (χ1) is 9.88. The molecule has 0 bridgehead atoms. The first-order valence-electron chi connectivity index (χ1n) is 7.10. The highest BCUT2D eigenvalue weighted by Crippen LogP contribution is 2.35. The van der Waals surface area contributed by atoms with Crippen molar-refractivity contribution < 1.29 is 29.1 Å². The molecule has 0 aromatic carbocycles. The Morgan fingerprint density at radius 2 is 1.82 bits per heavy atom. The molecule has 2 atom stereocenters. The molecule has 0 aliphatic heterocycles. The Morgan fingerprint density at radius 1 is 1.32 bits per heavy atom. The molecule has 0 spiro atoms. The van der Waals surface area contributed by atoms with Crippen molar-refractivity contribution >= 4 is 17.8 Å². The van der Waals surface area contributed by atoms with E-state index in [0.717, 1.165) is 6.08 Å². The van der Waals surface area contributed by atoms with Crippen LogP contribution in [0, 0.1) is 0 Å². The van der Waals surface area contributed by atoms with Crippen LogP contribution in [-0.4, -0.2) is 52.7 Å². The normalized spacial score (nSPS) is 17.0. The number of rotatable bonds is 9. The molecule has 1 amide bonds. The highest BCUT2D eigenvalue weighted by Gasteiger charge is 2.55. The predicted octanol–water partition coefficient (Wildman–Crippen LogP) is -0.135. The number of nitrogens with zero attached hydrogens (tertiary/aromatic N) is 1. The monoisotopic (exact) mass is 314 g/mol. The molecule has 0 radical (unpaired) electrons. The van der Waals surface area contributed by atoms with E-state index in [2.05, 4.69) is 11.9 Å². The van der Waals surface area contributed by atoms with Crippen LogP contribution < -0.4 is 10.4 Å². The van der Waals surface area contributed by atoms with E-state index in [1.807, 2.05) is 6.92 Å². The maximum Gasteiger partial charge on any atom is 0.310 e. The van der Waals surface area contributed by atoms with Crippen molar-refractivity contribution in [2.75, 3.05) is 14.1 Å². The van der Waals surface area contributed by atoms with Crippen LogP contribution in [0.2, 0.25) is 0 Å². The summed E-state index contributed by atoms with van der Waals surface area (Å²) < 4.78 is -0.276. The molecular formula is C15H26N2O5. The number of carbonyl (C=O) groups is 3. The van der Waals surface area contributed by atoms with Crippen molar-refractivity contribution in [3.05, 3.63) is 12.7 Å². The average molecular weight is 314 g/mol. The Kier molecular flexibility index (Phi) is 6.32. The molecule has 0 aliphatic rings. The lowest BCUT2D eigenvalue weighted by Crippen LogP contribution is -2.78. The first kappa shape index (κ1) is 20.1. The molecule has 0 saturated carbocycles. The maximum absolute atomic E-state index is 11.7. The number of aliphatic carboxylic acids is 2. The lowest BCUT2D eigenvalue weighted by atomic mass is 9.87. The summed E-state index contributed by atoms with van der Waals surface area (Å²) in [5, 5.41) is 23.5. The largest absolute Gasteiger partial charge is 0.544 e. The summed E-state index contributed by atoms with van der Waals surface area (Å²) >= 11 is 0. The first-order valence-corrected chi connectivity index (χ1v) is 7.10. The van der Waals surface area contributed by atoms with Gasteiger partial charge in [-0.2, -0.15) is 0 Å². The van der Waals surface area contributed by atoms with Gasteiger partial charge in [-0.1, -0.05) is 13.5 Å². The van der Waals surface area contributed by atoms with Crippen LogP contribution in [0.4, 0.5) is 0 Å². The average Bonchev–Trinajstić information content (AvgIpc) is 2.37. The fourth-order valence-corrected chi connectivity index (χ4v) is 2.62. The van der Waals surface area contributed by atoms with Gasteiger partial charge in [-0.25, -0.2) is 0 Å². The zero-order valence-corrected chi connectivity index (χ0v) is 13.9. The molecule has 7 nitrogen and oxygen atoms in total. The fourth-order valence-electron chi connectivity index (χ4n) is 2.62. The standard InChI is InChI=1S/C15H26N2O5/c1-7-9-15(4,16-11(18)8-2)17(5,6)14(3,13(21)22)10-12(19)20/h8H,2,7,9-10H2,1,3-6H3,(H2-,16,18,19,20,21,22). The molecule has 22 heavy (non-hydrogen) atoms. The van der Waals surface area contributed by atoms with Crippen LogP contribution in [0.1, 0.15) is 40.0 Å². The molecule has 0 aliphatic carbocycles. The molecule has 2 N–H and O–H groups in total. The summed E-state index contributed by atoms with van der Waals surface area (Å²) in [6.45, 7) is 8.30. The van der Waals surface area contributed by atoms with Crippen molar-refractivity contribution in [1.29, 1.82) is 0 Å². The van der Waals surface area contributed by atoms with E-state index in [9.17, 15) is 19.5 Å². The van der Waals surface area contributed by atoms with Gasteiger partial charge in [-0.05, 0) is 19.4 Å². The van der Waals surface area contributed by atoms with Gasteiger partial charge < -0.3 is 20.3 Å². The van der Waals surface area contributed by atoms with Crippen LogP contribution >= 0.6 is 0 Å². The van der Waals surface area contributed by atoms with Gasteiger partial charge >= 0.3 is 5.97 Å². The van der Waals surface area contributed by atoms with Gasteiger partial charge in [-0.3, -0.25) is 14.1 Å². The molecule has 0 fully saturated rings. The van der Waals surface area contributed by atoms with Gasteiger partial charge in [0.1, 0.15) is 17.9 Å². The second-order valence-corrected chi connectivity index (χ2v) is 6.30. The number of hydrogen-bond donors (Lipinski definition) is 2. The molecule has 0 rings (SSSR count). The second-order valence-electron chi connectivity index (χ2n) is 6.30. The van der Waals surface area contributed by atoms with E-state index in [1.165, 1.54) is 6.92 Å². The number of carboxylic acids is 2. The number of carboxylic acid groups (broad SMARTS) is 2. The van der Waals surface area contributed by atoms with Crippen molar-refractivity contribution in [2.24, 2.45) is 0 Å². The van der Waals surface area contributed by atoms with Gasteiger partial charge in [0.05, 0.1) is 14.1 Å². The van der Waals surface area contributed by atoms with Crippen LogP contribution in [0.5, 0.6) is 0 Å². The molecule has 2 unspecified atom stereocenters. The number of nitrogens with one attached hydrogen (secondary N) is 1. The van der Waals surface area contributed by atoms with Gasteiger partial charge in [-0.15, -0.1) is 0 Å². The lowest BCUT2D eigenvalue weighted by Gasteiger charge is -2.56. The van der Waals surface area contributed by atoms with E-state index < -0.39 is 35.5 Å². The molecule has 0 aromatic heterocycles. The Hall–Kier alpha value is -1.89. The zero-order chi connectivity index (χ0) is 17.8. The Bertz CT molecular complexity index is 475. The maximum atomic E-state index is 11.7. The minimum absolute atomic E-state index is 0.276. The van der Waals surface area contributed by atoms with Crippen molar-refractivity contribution in [3.8, 4) is 0 Å². The van der Waals surface area contributed by atoms with E-state index in [-0.39, 0.29) is 4.48 Å². The number of likely N-dealkylation sites (N-methyl/N-ethyl adjacent to an activating group) is 1. The van der Waals surface area contributed by atoms with Gasteiger partial charge in [0, 0.05) is 13.3 Å². The Morgan fingerprint density at radius 3 is 2.14 bits per heavy atom. The Labute approximate surface area is 131 Å². The van der Waals surface area contributed by atoms with Gasteiger partial charge in [0.15, 0.2) is 5.66 Å². The highest BCUT2D eigenvalue weighted by atomic mass is 16.4. The number of carbonyl (C=O) groups excluding carboxylic acids is 2. The van der Waals surface area contributed by atoms with Gasteiger partial charge in [0.25, 0.3) is 0 Å². The minimum Gasteiger partial charge on any atom is -0.544 e. The molecule has 126 valence electrons. The summed E-state index contributed by atoms with van der Waals surface area (Å²) in [5.41, 5.74) is -2.71. The number of quaternary nitrogens is 1. The molecule has 7 heteroatoms. The van der Waals surface area contributed by atoms with Crippen molar-refractivity contribution in [1.82, 2.24) is 5.32 Å². The molecule has 0 aromatic rings. The van der Waals surface area contributed by atoms with Crippen molar-refractivity contribution in [3.63, 3.8) is 0 Å². The second kappa shape index (κ2) is 6.91. The van der Waals surface area contributed by atoms with E-state index in [0.29, 0.717) is 12.8 Å². The molecule has 0 heterocycles. The third-order valence-electron chi connectivity index (χ3n) is 4.72. The zero-order valence-electron chi connectivity index (χ0n) is 13.9. The minimum atomic E-state index is -1.72. The van der Waals surface area contributed by atoms with E-state index in [1.54, 1.807) is 21.0 Å². The topological polar surface area (TPSA) is 107 Å². The molecular weight excluding hydrogens is 288 g/mol. The molecule has 0 saturated heterocycles. The van der Waals surface area contributed by atoms with E-state index >= 15 is 0 Å². The predicted molar refractivity (Wildman–Crippen MR) is 79.4 cm³/mol. The summed E-state index contributed by atoms with van der Waals surface area (Å²) in [6.07, 6.45) is 1.61. The highest BCUT2D eigenvalue weighted by molar-refractivity contribution is 5.87. The third kappa shape index (κ3) is 3.65. The SMILES string of the molecule is C=CC(=O)NC(C)(CCC)[N+](C)(C)C(C)(CC(=O)O)C(=O)[O-]. The lowest BCUT2D eigenvalue weighted by molar-refractivity contribution is -0.980. The van der Waals surface area contributed by atoms with Crippen LogP contribution in [0.25, 0.3) is 0 Å². The van der Waals surface area contributed by atoms with Crippen LogP contribution in [0.3, 0.4) is 0 Å². The fraction of sp³-hybridized carbons (Fsp3) is 0.667. The number of hydrogen-bond acceptors (Lipinski definition) is 4. The number of amides is 1. The summed E-state index contributed by atoms with van der Waals surface area (Å²) in [7, 11) is 3.16. The quantitative estimate of drug-likeness (QED) is 0.350. The van der Waals surface area contributed by atoms with Crippen LogP contribution in [-0.2, 0) is 14.4 Å². The Balaban J connectivity index is 6.02. The third-order valence-corrected chi connectivity index (χ3v) is 4.72. The smallest absolute Gasteiger partial charge is 0.310 e. The van der Waals surface area contributed by atoms with E-state index in [4.69, 9.17) is 5.11 Å². The summed E-state index contributed by atoms with van der Waals surface area (Å²) in [6, 6.07) is 0. The van der Waals surface area contributed by atoms with Crippen molar-refractivity contribution in [2.45, 2.75) is 51.2 Å². The van der Waals surface area contributed by atoms with Crippen LogP contribution in [0.15, 0.2) is 12.7 Å². The summed E-state index contributed by atoms with van der Waals surface area (Å²) in [5.74, 6) is -3.17.